The zero-order valence-corrected chi connectivity index (χ0v) is 9.28. The van der Waals surface area contributed by atoms with Gasteiger partial charge in [-0.3, -0.25) is 19.7 Å². The largest absolute Gasteiger partial charge is 0.368 e. The molecular weight excluding hydrogens is 258 g/mol. The second-order valence-corrected chi connectivity index (χ2v) is 4.51. The molecule has 0 aromatic rings. The normalized spacial score (nSPS) is 42.5. The van der Waals surface area contributed by atoms with E-state index in [0.717, 1.165) is 0 Å². The molecule has 98 valence electrons. The molecule has 2 rings (SSSR count). The highest BCUT2D eigenvalue weighted by Crippen LogP contribution is 2.74. The molecule has 1 aliphatic heterocycles. The van der Waals surface area contributed by atoms with E-state index in [0.29, 0.717) is 0 Å². The van der Waals surface area contributed by atoms with E-state index in [-0.39, 0.29) is 0 Å². The Kier molecular flexibility index (Phi) is 2.13. The van der Waals surface area contributed by atoms with E-state index in [1.54, 1.807) is 0 Å². The van der Waals surface area contributed by atoms with Crippen molar-refractivity contribution in [1.29, 1.82) is 10.5 Å². The number of aliphatic hydroxyl groups is 1. The van der Waals surface area contributed by atoms with Crippen molar-refractivity contribution in [2.45, 2.75) is 5.72 Å². The van der Waals surface area contributed by atoms with Gasteiger partial charge in [0.2, 0.25) is 17.5 Å². The lowest BCUT2D eigenvalue weighted by molar-refractivity contribution is -0.503. The molecule has 0 spiro atoms. The number of rotatable bonds is 3. The third kappa shape index (κ3) is 1.07. The molecule has 1 saturated heterocycles. The van der Waals surface area contributed by atoms with Crippen molar-refractivity contribution in [1.82, 2.24) is 5.32 Å². The highest BCUT2D eigenvalue weighted by atomic mass is 16.6. The molecule has 4 atom stereocenters. The van der Waals surface area contributed by atoms with Gasteiger partial charge in [0.25, 0.3) is 6.54 Å². The minimum absolute atomic E-state index is 0.921. The summed E-state index contributed by atoms with van der Waals surface area (Å²) in [5.74, 6) is -3.93. The zero-order valence-electron chi connectivity index (χ0n) is 9.28. The van der Waals surface area contributed by atoms with E-state index in [9.17, 15) is 24.8 Å². The van der Waals surface area contributed by atoms with E-state index < -0.39 is 45.8 Å². The van der Waals surface area contributed by atoms with Gasteiger partial charge in [-0.2, -0.15) is 10.5 Å². The van der Waals surface area contributed by atoms with Crippen LogP contribution in [0.3, 0.4) is 0 Å². The molecule has 10 heteroatoms. The topological polar surface area (TPSA) is 183 Å². The van der Waals surface area contributed by atoms with Crippen LogP contribution < -0.4 is 11.1 Å². The fraction of sp³-hybridized carbons (Fsp3) is 0.556. The summed E-state index contributed by atoms with van der Waals surface area (Å²) in [6.07, 6.45) is 0. The molecule has 4 N–H and O–H groups in total. The van der Waals surface area contributed by atoms with Crippen LogP contribution in [0.15, 0.2) is 0 Å². The molecule has 0 radical (unpaired) electrons. The molecule has 0 unspecified atom stereocenters. The number of primary amides is 1. The average Bonchev–Trinajstić information content (AvgIpc) is 2.86. The first-order valence-corrected chi connectivity index (χ1v) is 5.02. The highest BCUT2D eigenvalue weighted by Gasteiger charge is 2.95. The van der Waals surface area contributed by atoms with Crippen LogP contribution >= 0.6 is 0 Å². The third-order valence-electron chi connectivity index (χ3n) is 3.68. The van der Waals surface area contributed by atoms with Gasteiger partial charge in [0.15, 0.2) is 10.8 Å². The van der Waals surface area contributed by atoms with Gasteiger partial charge in [0.1, 0.15) is 0 Å². The van der Waals surface area contributed by atoms with Crippen molar-refractivity contribution in [3.05, 3.63) is 10.1 Å². The predicted octanol–water partition coefficient (Wildman–Crippen LogP) is -2.78. The maximum absolute atomic E-state index is 11.8. The van der Waals surface area contributed by atoms with Crippen LogP contribution in [0.4, 0.5) is 0 Å². The molecule has 0 aromatic heterocycles. The summed E-state index contributed by atoms with van der Waals surface area (Å²) in [7, 11) is 0. The summed E-state index contributed by atoms with van der Waals surface area (Å²) in [6, 6.07) is 2.96. The molecule has 10 nitrogen and oxygen atoms in total. The fourth-order valence-electron chi connectivity index (χ4n) is 2.94. The predicted molar refractivity (Wildman–Crippen MR) is 53.7 cm³/mol. The SMILES string of the molecule is N#C[C@]1(C(N)=O)[C@@H]2[C@@](O)(C[N+](=O)[O-])NC(=O)[C@]21C#N. The van der Waals surface area contributed by atoms with Gasteiger partial charge in [0.05, 0.1) is 18.1 Å². The monoisotopic (exact) mass is 265 g/mol. The first-order chi connectivity index (χ1) is 8.73. The lowest BCUT2D eigenvalue weighted by atomic mass is 9.92. The Labute approximate surface area is 105 Å². The number of nitrogens with one attached hydrogen (secondary N) is 1. The maximum atomic E-state index is 11.8. The van der Waals surface area contributed by atoms with Crippen LogP contribution in [0, 0.1) is 49.5 Å². The maximum Gasteiger partial charge on any atom is 0.251 e. The van der Waals surface area contributed by atoms with E-state index in [2.05, 4.69) is 0 Å². The van der Waals surface area contributed by atoms with Crippen LogP contribution in [0.2, 0.25) is 0 Å². The third-order valence-corrected chi connectivity index (χ3v) is 3.68. The molecule has 0 aromatic carbocycles. The molecule has 1 saturated carbocycles. The van der Waals surface area contributed by atoms with Crippen molar-refractivity contribution < 1.29 is 19.6 Å². The number of carbonyl (C=O) groups excluding carboxylic acids is 2. The van der Waals surface area contributed by atoms with Gasteiger partial charge in [-0.1, -0.05) is 0 Å². The molecule has 2 amide bonds. The molecule has 1 heterocycles. The number of hydrogen-bond acceptors (Lipinski definition) is 7. The van der Waals surface area contributed by atoms with E-state index >= 15 is 0 Å². The van der Waals surface area contributed by atoms with Crippen LogP contribution in [0.1, 0.15) is 0 Å². The van der Waals surface area contributed by atoms with E-state index in [4.69, 9.17) is 16.3 Å². The van der Waals surface area contributed by atoms with Gasteiger partial charge in [-0.15, -0.1) is 0 Å². The first-order valence-electron chi connectivity index (χ1n) is 5.02. The van der Waals surface area contributed by atoms with Crippen molar-refractivity contribution in [2.24, 2.45) is 22.5 Å². The van der Waals surface area contributed by atoms with Crippen molar-refractivity contribution in [3.63, 3.8) is 0 Å². The molecule has 1 aliphatic carbocycles. The number of hydrogen-bond donors (Lipinski definition) is 3. The minimum atomic E-state index is -2.44. The van der Waals surface area contributed by atoms with Crippen molar-refractivity contribution in [3.8, 4) is 12.1 Å². The number of piperidine rings is 1. The second kappa shape index (κ2) is 3.18. The average molecular weight is 265 g/mol. The fourth-order valence-corrected chi connectivity index (χ4v) is 2.94. The lowest BCUT2D eigenvalue weighted by Crippen LogP contribution is -2.55. The van der Waals surface area contributed by atoms with Crippen LogP contribution in [-0.2, 0) is 9.59 Å². The Hall–Kier alpha value is -2.72. The van der Waals surface area contributed by atoms with Gasteiger partial charge in [-0.05, 0) is 0 Å². The second-order valence-electron chi connectivity index (χ2n) is 4.51. The quantitative estimate of drug-likeness (QED) is 0.363. The van der Waals surface area contributed by atoms with Gasteiger partial charge >= 0.3 is 0 Å². The Morgan fingerprint density at radius 1 is 1.58 bits per heavy atom. The Balaban J connectivity index is 2.60. The number of nitrogens with two attached hydrogens (primary N) is 1. The van der Waals surface area contributed by atoms with Crippen molar-refractivity contribution >= 4 is 11.8 Å². The summed E-state index contributed by atoms with van der Waals surface area (Å²) >= 11 is 0. The van der Waals surface area contributed by atoms with Crippen LogP contribution in [0.5, 0.6) is 0 Å². The molecule has 2 aliphatic rings. The molecule has 0 bridgehead atoms. The number of amides is 2. The number of nitro groups is 1. The van der Waals surface area contributed by atoms with Gasteiger partial charge in [-0.25, -0.2) is 0 Å². The molecule has 2 fully saturated rings. The Morgan fingerprint density at radius 3 is 2.47 bits per heavy atom. The van der Waals surface area contributed by atoms with E-state index in [1.807, 2.05) is 5.32 Å². The van der Waals surface area contributed by atoms with Crippen molar-refractivity contribution in [2.75, 3.05) is 6.54 Å². The van der Waals surface area contributed by atoms with Crippen LogP contribution in [0.25, 0.3) is 0 Å². The molecular formula is C9H7N5O5. The minimum Gasteiger partial charge on any atom is -0.368 e. The molecule has 19 heavy (non-hydrogen) atoms. The summed E-state index contributed by atoms with van der Waals surface area (Å²) in [4.78, 5) is 32.8. The lowest BCUT2D eigenvalue weighted by Gasteiger charge is -2.23. The standard InChI is InChI=1S/C9H7N5O5/c10-1-7(5(12)15)4-8(7,2-11)6(16)13-9(4,17)3-14(18)19/h4,17H,3H2,(H2,12,15)(H,13,16)/t4-,7+,8-,9-/m0/s1. The Morgan fingerprint density at radius 2 is 2.16 bits per heavy atom. The zero-order chi connectivity index (χ0) is 14.6. The van der Waals surface area contributed by atoms with Gasteiger partial charge < -0.3 is 16.2 Å². The number of fused-ring (bicyclic) bond motifs is 1. The summed E-state index contributed by atoms with van der Waals surface area (Å²) in [5, 5.41) is 40.6. The van der Waals surface area contributed by atoms with Crippen LogP contribution in [-0.4, -0.2) is 34.1 Å². The first kappa shape index (κ1) is 12.7. The smallest absolute Gasteiger partial charge is 0.251 e. The number of carbonyl (C=O) groups is 2. The Bertz CT molecular complexity index is 585. The van der Waals surface area contributed by atoms with Gasteiger partial charge in [0, 0.05) is 4.92 Å². The van der Waals surface area contributed by atoms with E-state index in [1.165, 1.54) is 12.1 Å². The number of nitriles is 2. The summed E-state index contributed by atoms with van der Waals surface area (Å²) in [5.41, 5.74) is -1.82. The highest BCUT2D eigenvalue weighted by molar-refractivity contribution is 6.07. The summed E-state index contributed by atoms with van der Waals surface area (Å²) < 4.78 is 0. The summed E-state index contributed by atoms with van der Waals surface area (Å²) in [6.45, 7) is -1.14. The number of nitrogens with zero attached hydrogens (tertiary/aromatic N) is 3.